The third-order valence-corrected chi connectivity index (χ3v) is 4.51. The molecule has 5 nitrogen and oxygen atoms in total. The van der Waals surface area contributed by atoms with Crippen LogP contribution in [0.3, 0.4) is 0 Å². The van der Waals surface area contributed by atoms with E-state index < -0.39 is 0 Å². The van der Waals surface area contributed by atoms with Gasteiger partial charge in [0.1, 0.15) is 0 Å². The minimum absolute atomic E-state index is 0.00641. The minimum atomic E-state index is 0.00641. The maximum atomic E-state index is 12.6. The number of H-pyrrole nitrogens is 1. The van der Waals surface area contributed by atoms with E-state index in [1.165, 1.54) is 0 Å². The van der Waals surface area contributed by atoms with Gasteiger partial charge in [-0.3, -0.25) is 4.79 Å². The molecular formula is C17H18N4O. The van der Waals surface area contributed by atoms with Crippen LogP contribution in [0.2, 0.25) is 0 Å². The molecule has 1 aliphatic carbocycles. The monoisotopic (exact) mass is 294 g/mol. The molecule has 0 spiro atoms. The minimum Gasteiger partial charge on any atom is -0.348 e. The standard InChI is InChI=1S/C17H18N4O/c1-21-9-15(12-4-2-3-5-16(12)21)20-17(22)11-6-7-13-14(8-11)19-10-18-13/h2-5,9-11H,6-8H2,1H3,(H,18,19)(H,20,22)/t11-/m1/s1. The Morgan fingerprint density at radius 1 is 1.41 bits per heavy atom. The van der Waals surface area contributed by atoms with Crippen molar-refractivity contribution in [3.8, 4) is 0 Å². The van der Waals surface area contributed by atoms with Crippen LogP contribution >= 0.6 is 0 Å². The SMILES string of the molecule is Cn1cc(NC(=O)[C@@H]2CCc3nc[nH]c3C2)c2ccccc21. The molecule has 22 heavy (non-hydrogen) atoms. The number of hydrogen-bond acceptors (Lipinski definition) is 2. The Hall–Kier alpha value is -2.56. The van der Waals surface area contributed by atoms with E-state index in [1.807, 2.05) is 36.0 Å². The van der Waals surface area contributed by atoms with Gasteiger partial charge in [0.05, 0.1) is 17.7 Å². The van der Waals surface area contributed by atoms with Crippen molar-refractivity contribution in [1.82, 2.24) is 14.5 Å². The number of anilines is 1. The van der Waals surface area contributed by atoms with E-state index in [0.29, 0.717) is 0 Å². The van der Waals surface area contributed by atoms with Gasteiger partial charge < -0.3 is 14.9 Å². The summed E-state index contributed by atoms with van der Waals surface area (Å²) in [5, 5.41) is 4.18. The zero-order valence-corrected chi connectivity index (χ0v) is 12.5. The fraction of sp³-hybridized carbons (Fsp3) is 0.294. The highest BCUT2D eigenvalue weighted by molar-refractivity contribution is 6.02. The Bertz CT molecular complexity index is 845. The first-order valence-electron chi connectivity index (χ1n) is 7.58. The predicted molar refractivity (Wildman–Crippen MR) is 85.7 cm³/mol. The van der Waals surface area contributed by atoms with Gasteiger partial charge in [-0.15, -0.1) is 0 Å². The van der Waals surface area contributed by atoms with Crippen LogP contribution in [0.4, 0.5) is 5.69 Å². The summed E-state index contributed by atoms with van der Waals surface area (Å²) in [6, 6.07) is 8.10. The van der Waals surface area contributed by atoms with Crippen molar-refractivity contribution < 1.29 is 4.79 Å². The van der Waals surface area contributed by atoms with Gasteiger partial charge in [-0.2, -0.15) is 0 Å². The number of nitrogens with zero attached hydrogens (tertiary/aromatic N) is 2. The van der Waals surface area contributed by atoms with Crippen molar-refractivity contribution in [2.45, 2.75) is 19.3 Å². The molecule has 0 aliphatic heterocycles. The Kier molecular flexibility index (Phi) is 2.99. The van der Waals surface area contributed by atoms with E-state index in [2.05, 4.69) is 21.4 Å². The number of carbonyl (C=O) groups is 1. The average molecular weight is 294 g/mol. The highest BCUT2D eigenvalue weighted by Crippen LogP contribution is 2.28. The molecule has 0 saturated carbocycles. The molecule has 0 unspecified atom stereocenters. The van der Waals surface area contributed by atoms with Gasteiger partial charge >= 0.3 is 0 Å². The number of fused-ring (bicyclic) bond motifs is 2. The molecule has 0 saturated heterocycles. The van der Waals surface area contributed by atoms with E-state index in [0.717, 1.165) is 47.2 Å². The average Bonchev–Trinajstić information content (AvgIpc) is 3.12. The molecule has 1 aliphatic rings. The van der Waals surface area contributed by atoms with Crippen molar-refractivity contribution in [2.24, 2.45) is 13.0 Å². The lowest BCUT2D eigenvalue weighted by molar-refractivity contribution is -0.120. The molecule has 2 aromatic heterocycles. The molecule has 3 aromatic rings. The summed E-state index contributed by atoms with van der Waals surface area (Å²) in [4.78, 5) is 20.0. The molecular weight excluding hydrogens is 276 g/mol. The van der Waals surface area contributed by atoms with E-state index in [9.17, 15) is 4.79 Å². The lowest BCUT2D eigenvalue weighted by Gasteiger charge is -2.20. The van der Waals surface area contributed by atoms with Crippen molar-refractivity contribution >= 4 is 22.5 Å². The van der Waals surface area contributed by atoms with Crippen LogP contribution in [0.25, 0.3) is 10.9 Å². The number of amides is 1. The van der Waals surface area contributed by atoms with E-state index >= 15 is 0 Å². The first kappa shape index (κ1) is 13.1. The fourth-order valence-corrected chi connectivity index (χ4v) is 3.30. The number of imidazole rings is 1. The second-order valence-corrected chi connectivity index (χ2v) is 5.93. The van der Waals surface area contributed by atoms with Crippen LogP contribution in [0.15, 0.2) is 36.8 Å². The van der Waals surface area contributed by atoms with E-state index in [1.54, 1.807) is 6.33 Å². The number of aromatic nitrogens is 3. The van der Waals surface area contributed by atoms with Crippen molar-refractivity contribution in [3.63, 3.8) is 0 Å². The molecule has 1 aromatic carbocycles. The van der Waals surface area contributed by atoms with Gasteiger partial charge in [-0.05, 0) is 18.9 Å². The number of aryl methyl sites for hydroxylation is 2. The van der Waals surface area contributed by atoms with Gasteiger partial charge in [-0.1, -0.05) is 18.2 Å². The molecule has 2 heterocycles. The van der Waals surface area contributed by atoms with Gasteiger partial charge in [0.25, 0.3) is 0 Å². The Labute approximate surface area is 128 Å². The van der Waals surface area contributed by atoms with Crippen LogP contribution in [-0.4, -0.2) is 20.4 Å². The molecule has 112 valence electrons. The quantitative estimate of drug-likeness (QED) is 0.763. The van der Waals surface area contributed by atoms with E-state index in [-0.39, 0.29) is 11.8 Å². The predicted octanol–water partition coefficient (Wildman–Crippen LogP) is 2.65. The normalized spacial score (nSPS) is 17.4. The Balaban J connectivity index is 1.57. The van der Waals surface area contributed by atoms with Gasteiger partial charge in [0.15, 0.2) is 0 Å². The first-order chi connectivity index (χ1) is 10.7. The Morgan fingerprint density at radius 3 is 3.18 bits per heavy atom. The Morgan fingerprint density at radius 2 is 2.27 bits per heavy atom. The van der Waals surface area contributed by atoms with Gasteiger partial charge in [0.2, 0.25) is 5.91 Å². The summed E-state index contributed by atoms with van der Waals surface area (Å²) in [6.07, 6.45) is 6.16. The molecule has 5 heteroatoms. The number of hydrogen-bond donors (Lipinski definition) is 2. The molecule has 0 bridgehead atoms. The second kappa shape index (κ2) is 5.02. The number of aromatic amines is 1. The van der Waals surface area contributed by atoms with Crippen LogP contribution < -0.4 is 5.32 Å². The number of nitrogens with one attached hydrogen (secondary N) is 2. The van der Waals surface area contributed by atoms with Crippen LogP contribution in [0, 0.1) is 5.92 Å². The third-order valence-electron chi connectivity index (χ3n) is 4.51. The number of rotatable bonds is 2. The summed E-state index contributed by atoms with van der Waals surface area (Å²) in [7, 11) is 2.00. The van der Waals surface area contributed by atoms with Crippen molar-refractivity contribution in [3.05, 3.63) is 48.2 Å². The summed E-state index contributed by atoms with van der Waals surface area (Å²) < 4.78 is 2.04. The number of benzene rings is 1. The molecule has 4 rings (SSSR count). The molecule has 1 atom stereocenters. The molecule has 2 N–H and O–H groups in total. The zero-order chi connectivity index (χ0) is 15.1. The summed E-state index contributed by atoms with van der Waals surface area (Å²) in [6.45, 7) is 0. The molecule has 0 fully saturated rings. The van der Waals surface area contributed by atoms with Crippen molar-refractivity contribution in [1.29, 1.82) is 0 Å². The largest absolute Gasteiger partial charge is 0.348 e. The first-order valence-corrected chi connectivity index (χ1v) is 7.58. The fourth-order valence-electron chi connectivity index (χ4n) is 3.30. The van der Waals surface area contributed by atoms with Crippen LogP contribution in [0.5, 0.6) is 0 Å². The van der Waals surface area contributed by atoms with Crippen LogP contribution in [-0.2, 0) is 24.7 Å². The lowest BCUT2D eigenvalue weighted by atomic mass is 9.89. The second-order valence-electron chi connectivity index (χ2n) is 5.93. The maximum Gasteiger partial charge on any atom is 0.227 e. The summed E-state index contributed by atoms with van der Waals surface area (Å²) in [5.41, 5.74) is 4.22. The number of carbonyl (C=O) groups excluding carboxylic acids is 1. The van der Waals surface area contributed by atoms with Crippen molar-refractivity contribution in [2.75, 3.05) is 5.32 Å². The topological polar surface area (TPSA) is 62.7 Å². The highest BCUT2D eigenvalue weighted by atomic mass is 16.1. The zero-order valence-electron chi connectivity index (χ0n) is 12.5. The van der Waals surface area contributed by atoms with Gasteiger partial charge in [0, 0.05) is 42.2 Å². The van der Waals surface area contributed by atoms with Gasteiger partial charge in [-0.25, -0.2) is 4.98 Å². The lowest BCUT2D eigenvalue weighted by Crippen LogP contribution is -2.28. The van der Waals surface area contributed by atoms with Crippen LogP contribution in [0.1, 0.15) is 17.8 Å². The third kappa shape index (κ3) is 2.09. The smallest absolute Gasteiger partial charge is 0.227 e. The summed E-state index contributed by atoms with van der Waals surface area (Å²) >= 11 is 0. The highest BCUT2D eigenvalue weighted by Gasteiger charge is 2.26. The molecule has 0 radical (unpaired) electrons. The number of para-hydroxylation sites is 1. The molecule has 1 amide bonds. The maximum absolute atomic E-state index is 12.6. The van der Waals surface area contributed by atoms with E-state index in [4.69, 9.17) is 0 Å². The summed E-state index contributed by atoms with van der Waals surface area (Å²) in [5.74, 6) is 0.100.